The Morgan fingerprint density at radius 2 is 1.83 bits per heavy atom. The van der Waals surface area contributed by atoms with Crippen LogP contribution in [0.25, 0.3) is 5.57 Å². The van der Waals surface area contributed by atoms with Crippen LogP contribution in [0.2, 0.25) is 0 Å². The molecule has 1 aliphatic heterocycles. The predicted octanol–water partition coefficient (Wildman–Crippen LogP) is 4.21. The zero-order valence-electron chi connectivity index (χ0n) is 12.9. The number of aryl methyl sites for hydroxylation is 1. The molecule has 2 amide bonds. The van der Waals surface area contributed by atoms with Gasteiger partial charge in [0, 0.05) is 5.69 Å². The van der Waals surface area contributed by atoms with Crippen LogP contribution >= 0.6 is 11.8 Å². The van der Waals surface area contributed by atoms with Crippen LogP contribution in [0.15, 0.2) is 53.4 Å². The van der Waals surface area contributed by atoms with Crippen LogP contribution in [-0.2, 0) is 4.79 Å². The number of carbonyl (C=O) groups is 2. The average Bonchev–Trinajstić information content (AvgIpc) is 2.82. The van der Waals surface area contributed by atoms with E-state index in [9.17, 15) is 9.59 Å². The number of hydrogen-bond donors (Lipinski definition) is 1. The molecule has 1 aliphatic rings. The quantitative estimate of drug-likeness (QED) is 0.664. The minimum Gasteiger partial charge on any atom is -0.399 e. The van der Waals surface area contributed by atoms with Crippen molar-refractivity contribution in [1.29, 1.82) is 0 Å². The van der Waals surface area contributed by atoms with Gasteiger partial charge in [-0.1, -0.05) is 30.3 Å². The van der Waals surface area contributed by atoms with Gasteiger partial charge in [0.15, 0.2) is 0 Å². The number of amides is 2. The summed E-state index contributed by atoms with van der Waals surface area (Å²) >= 11 is 0.970. The number of nitrogens with zero attached hydrogens (tertiary/aromatic N) is 1. The highest BCUT2D eigenvalue weighted by atomic mass is 32.2. The zero-order valence-corrected chi connectivity index (χ0v) is 13.7. The largest absolute Gasteiger partial charge is 0.399 e. The maximum Gasteiger partial charge on any atom is 0.298 e. The number of thioether (sulfide) groups is 1. The smallest absolute Gasteiger partial charge is 0.298 e. The SMILES string of the molecule is C/C(=C1/SC(=O)N(c2ccccc2C)C1=O)c1cccc(N)c1. The molecule has 23 heavy (non-hydrogen) atoms. The maximum absolute atomic E-state index is 12.8. The number of benzene rings is 2. The number of anilines is 2. The van der Waals surface area contributed by atoms with E-state index in [4.69, 9.17) is 5.73 Å². The van der Waals surface area contributed by atoms with Crippen molar-refractivity contribution >= 4 is 39.9 Å². The number of hydrogen-bond acceptors (Lipinski definition) is 4. The molecule has 0 radical (unpaired) electrons. The van der Waals surface area contributed by atoms with Crippen LogP contribution in [0.3, 0.4) is 0 Å². The molecule has 1 heterocycles. The van der Waals surface area contributed by atoms with E-state index < -0.39 is 0 Å². The van der Waals surface area contributed by atoms with Crippen LogP contribution in [-0.4, -0.2) is 11.1 Å². The molecule has 2 aromatic carbocycles. The highest BCUT2D eigenvalue weighted by molar-refractivity contribution is 8.19. The van der Waals surface area contributed by atoms with Crippen LogP contribution < -0.4 is 10.6 Å². The van der Waals surface area contributed by atoms with Gasteiger partial charge in [-0.05, 0) is 60.5 Å². The van der Waals surface area contributed by atoms with E-state index >= 15 is 0 Å². The predicted molar refractivity (Wildman–Crippen MR) is 95.1 cm³/mol. The van der Waals surface area contributed by atoms with Crippen molar-refractivity contribution in [1.82, 2.24) is 0 Å². The highest BCUT2D eigenvalue weighted by Crippen LogP contribution is 2.39. The third-order valence-electron chi connectivity index (χ3n) is 3.79. The van der Waals surface area contributed by atoms with Crippen molar-refractivity contribution < 1.29 is 9.59 Å². The molecular formula is C18H16N2O2S. The minimum atomic E-state index is -0.283. The van der Waals surface area contributed by atoms with Gasteiger partial charge in [0.1, 0.15) is 0 Å². The van der Waals surface area contributed by atoms with E-state index in [0.717, 1.165) is 28.5 Å². The Bertz CT molecular complexity index is 842. The number of imide groups is 1. The maximum atomic E-state index is 12.8. The molecule has 116 valence electrons. The van der Waals surface area contributed by atoms with Gasteiger partial charge in [-0.3, -0.25) is 9.59 Å². The van der Waals surface area contributed by atoms with E-state index in [1.807, 2.05) is 44.2 Å². The molecule has 5 heteroatoms. The van der Waals surface area contributed by atoms with Crippen molar-refractivity contribution in [2.75, 3.05) is 10.6 Å². The van der Waals surface area contributed by atoms with Gasteiger partial charge < -0.3 is 5.73 Å². The number of allylic oxidation sites excluding steroid dienone is 1. The van der Waals surface area contributed by atoms with Crippen LogP contribution in [0.5, 0.6) is 0 Å². The topological polar surface area (TPSA) is 63.4 Å². The Balaban J connectivity index is 2.05. The molecule has 2 N–H and O–H groups in total. The Kier molecular flexibility index (Phi) is 3.96. The lowest BCUT2D eigenvalue weighted by Gasteiger charge is -2.15. The molecule has 1 fully saturated rings. The van der Waals surface area contributed by atoms with Gasteiger partial charge in [-0.15, -0.1) is 0 Å². The fourth-order valence-electron chi connectivity index (χ4n) is 2.52. The summed E-state index contributed by atoms with van der Waals surface area (Å²) in [5, 5.41) is -0.275. The summed E-state index contributed by atoms with van der Waals surface area (Å²) in [5.41, 5.74) is 9.55. The summed E-state index contributed by atoms with van der Waals surface area (Å²) in [7, 11) is 0. The Morgan fingerprint density at radius 3 is 2.52 bits per heavy atom. The third-order valence-corrected chi connectivity index (χ3v) is 4.83. The fraction of sp³-hybridized carbons (Fsp3) is 0.111. The van der Waals surface area contributed by atoms with Crippen molar-refractivity contribution in [2.24, 2.45) is 0 Å². The lowest BCUT2D eigenvalue weighted by Crippen LogP contribution is -2.28. The molecule has 0 atom stereocenters. The monoisotopic (exact) mass is 324 g/mol. The van der Waals surface area contributed by atoms with Gasteiger partial charge in [0.2, 0.25) is 0 Å². The summed E-state index contributed by atoms with van der Waals surface area (Å²) in [6.07, 6.45) is 0. The van der Waals surface area contributed by atoms with Gasteiger partial charge in [0.05, 0.1) is 10.6 Å². The molecule has 0 saturated carbocycles. The van der Waals surface area contributed by atoms with Crippen molar-refractivity contribution in [3.05, 3.63) is 64.6 Å². The first kappa shape index (κ1) is 15.4. The molecule has 0 unspecified atom stereocenters. The minimum absolute atomic E-state index is 0.275. The van der Waals surface area contributed by atoms with Gasteiger partial charge in [-0.2, -0.15) is 0 Å². The first-order valence-corrected chi connectivity index (χ1v) is 7.99. The lowest BCUT2D eigenvalue weighted by atomic mass is 10.1. The molecule has 0 bridgehead atoms. The molecule has 0 aromatic heterocycles. The standard InChI is InChI=1S/C18H16N2O2S/c1-11-6-3-4-9-15(11)20-17(21)16(23-18(20)22)12(2)13-7-5-8-14(19)10-13/h3-10H,19H2,1-2H3/b16-12-. The summed E-state index contributed by atoms with van der Waals surface area (Å²) in [6.45, 7) is 3.72. The third kappa shape index (κ3) is 2.75. The first-order chi connectivity index (χ1) is 11.0. The number of para-hydroxylation sites is 1. The van der Waals surface area contributed by atoms with E-state index in [1.54, 1.807) is 18.2 Å². The van der Waals surface area contributed by atoms with E-state index in [2.05, 4.69) is 0 Å². The van der Waals surface area contributed by atoms with Gasteiger partial charge in [-0.25, -0.2) is 4.90 Å². The second kappa shape index (κ2) is 5.93. The van der Waals surface area contributed by atoms with Crippen molar-refractivity contribution in [2.45, 2.75) is 13.8 Å². The molecule has 0 spiro atoms. The van der Waals surface area contributed by atoms with Crippen LogP contribution in [0.4, 0.5) is 16.2 Å². The molecule has 2 aromatic rings. The van der Waals surface area contributed by atoms with Gasteiger partial charge >= 0.3 is 0 Å². The molecule has 4 nitrogen and oxygen atoms in total. The van der Waals surface area contributed by atoms with Crippen LogP contribution in [0, 0.1) is 6.92 Å². The normalized spacial score (nSPS) is 16.9. The lowest BCUT2D eigenvalue weighted by molar-refractivity contribution is -0.113. The second-order valence-electron chi connectivity index (χ2n) is 5.37. The van der Waals surface area contributed by atoms with E-state index in [1.165, 1.54) is 4.90 Å². The molecule has 3 rings (SSSR count). The van der Waals surface area contributed by atoms with Crippen molar-refractivity contribution in [3.8, 4) is 0 Å². The van der Waals surface area contributed by atoms with E-state index in [-0.39, 0.29) is 11.1 Å². The van der Waals surface area contributed by atoms with Gasteiger partial charge in [0.25, 0.3) is 11.1 Å². The molecular weight excluding hydrogens is 308 g/mol. The number of rotatable bonds is 2. The Labute approximate surface area is 139 Å². The summed E-state index contributed by atoms with van der Waals surface area (Å²) in [4.78, 5) is 26.8. The molecule has 0 aliphatic carbocycles. The number of nitrogen functional groups attached to an aromatic ring is 1. The van der Waals surface area contributed by atoms with Crippen molar-refractivity contribution in [3.63, 3.8) is 0 Å². The molecule has 1 saturated heterocycles. The number of nitrogens with two attached hydrogens (primary N) is 1. The van der Waals surface area contributed by atoms with E-state index in [0.29, 0.717) is 16.3 Å². The summed E-state index contributed by atoms with van der Waals surface area (Å²) < 4.78 is 0. The summed E-state index contributed by atoms with van der Waals surface area (Å²) in [6, 6.07) is 14.7. The Morgan fingerprint density at radius 1 is 1.09 bits per heavy atom. The zero-order chi connectivity index (χ0) is 16.6. The fourth-order valence-corrected chi connectivity index (χ4v) is 3.42. The highest BCUT2D eigenvalue weighted by Gasteiger charge is 2.38. The van der Waals surface area contributed by atoms with Crippen LogP contribution in [0.1, 0.15) is 18.1 Å². The second-order valence-corrected chi connectivity index (χ2v) is 6.34. The average molecular weight is 324 g/mol. The number of carbonyl (C=O) groups excluding carboxylic acids is 2. The summed E-state index contributed by atoms with van der Waals surface area (Å²) in [5.74, 6) is -0.283. The first-order valence-electron chi connectivity index (χ1n) is 7.17. The Hall–Kier alpha value is -2.53.